The van der Waals surface area contributed by atoms with Gasteiger partial charge in [-0.25, -0.2) is 4.79 Å². The number of nitrogens with zero attached hydrogens (tertiary/aromatic N) is 3. The molecule has 4 saturated heterocycles. The lowest BCUT2D eigenvalue weighted by molar-refractivity contribution is -0.959. The Kier molecular flexibility index (Phi) is 7.78. The van der Waals surface area contributed by atoms with Gasteiger partial charge in [0.05, 0.1) is 13.1 Å². The molecule has 4 aliphatic rings. The first-order valence-electron chi connectivity index (χ1n) is 13.4. The second-order valence-electron chi connectivity index (χ2n) is 11.1. The molecular formula is C29H36ClN3O3S. The minimum atomic E-state index is -0.707. The molecule has 37 heavy (non-hydrogen) atoms. The highest BCUT2D eigenvalue weighted by atomic mass is 35.5. The molecule has 6 nitrogen and oxygen atoms in total. The Labute approximate surface area is 229 Å². The van der Waals surface area contributed by atoms with Gasteiger partial charge in [-0.2, -0.15) is 0 Å². The fraction of sp³-hybridized carbons (Fsp3) is 0.517. The number of thiophene rings is 1. The molecule has 6 heterocycles. The molecule has 8 heteroatoms. The fourth-order valence-corrected chi connectivity index (χ4v) is 7.48. The number of halogens is 1. The average Bonchev–Trinajstić information content (AvgIpc) is 3.63. The van der Waals surface area contributed by atoms with E-state index in [0.717, 1.165) is 91.3 Å². The van der Waals surface area contributed by atoms with Crippen molar-refractivity contribution in [3.8, 4) is 11.3 Å². The lowest BCUT2D eigenvalue weighted by atomic mass is 9.82. The van der Waals surface area contributed by atoms with Crippen molar-refractivity contribution in [2.24, 2.45) is 5.92 Å². The van der Waals surface area contributed by atoms with E-state index in [4.69, 9.17) is 9.26 Å². The first-order valence-corrected chi connectivity index (χ1v) is 14.3. The van der Waals surface area contributed by atoms with Crippen LogP contribution in [0.15, 0.2) is 58.4 Å². The van der Waals surface area contributed by atoms with E-state index in [2.05, 4.69) is 46.6 Å². The van der Waals surface area contributed by atoms with Crippen LogP contribution in [0.5, 0.6) is 0 Å². The molecule has 2 aromatic heterocycles. The Hall–Kier alpha value is -2.19. The molecule has 0 aliphatic carbocycles. The third kappa shape index (κ3) is 5.11. The number of aromatic nitrogens is 1. The number of quaternary nitrogens is 1. The second kappa shape index (κ2) is 10.9. The molecule has 3 aromatic rings. The number of carbonyl (C=O) groups is 1. The summed E-state index contributed by atoms with van der Waals surface area (Å²) in [6.07, 6.45) is 5.67. The number of esters is 1. The van der Waals surface area contributed by atoms with Crippen LogP contribution in [0, 0.1) is 5.92 Å². The Bertz CT molecular complexity index is 1170. The van der Waals surface area contributed by atoms with Crippen LogP contribution in [-0.4, -0.2) is 59.3 Å². The van der Waals surface area contributed by atoms with E-state index < -0.39 is 5.54 Å². The molecule has 0 N–H and O–H groups in total. The molecule has 198 valence electrons. The van der Waals surface area contributed by atoms with Crippen LogP contribution in [0.1, 0.15) is 49.7 Å². The van der Waals surface area contributed by atoms with Gasteiger partial charge in [-0.05, 0) is 44.3 Å². The van der Waals surface area contributed by atoms with E-state index in [0.29, 0.717) is 5.92 Å². The van der Waals surface area contributed by atoms with Crippen LogP contribution < -0.4 is 12.4 Å². The van der Waals surface area contributed by atoms with Crippen molar-refractivity contribution < 1.29 is 30.9 Å². The maximum Gasteiger partial charge on any atom is 0.332 e. The van der Waals surface area contributed by atoms with E-state index in [-0.39, 0.29) is 24.5 Å². The van der Waals surface area contributed by atoms with Crippen molar-refractivity contribution in [2.75, 3.05) is 32.7 Å². The minimum absolute atomic E-state index is 0. The van der Waals surface area contributed by atoms with Crippen molar-refractivity contribution >= 4 is 17.3 Å². The highest BCUT2D eigenvalue weighted by Gasteiger charge is 2.51. The van der Waals surface area contributed by atoms with Gasteiger partial charge >= 0.3 is 5.97 Å². The van der Waals surface area contributed by atoms with Gasteiger partial charge in [0, 0.05) is 35.3 Å². The predicted molar refractivity (Wildman–Crippen MR) is 140 cm³/mol. The zero-order valence-corrected chi connectivity index (χ0v) is 23.1. The van der Waals surface area contributed by atoms with E-state index >= 15 is 0 Å². The lowest BCUT2D eigenvalue weighted by Crippen LogP contribution is -3.00. The first kappa shape index (κ1) is 26.4. The van der Waals surface area contributed by atoms with E-state index in [9.17, 15) is 4.79 Å². The van der Waals surface area contributed by atoms with Gasteiger partial charge in [-0.1, -0.05) is 48.0 Å². The van der Waals surface area contributed by atoms with Gasteiger partial charge in [0.1, 0.15) is 18.8 Å². The number of fused-ring (bicyclic) bond motifs is 3. The molecule has 0 amide bonds. The van der Waals surface area contributed by atoms with Crippen LogP contribution in [0.3, 0.4) is 0 Å². The fourth-order valence-electron chi connectivity index (χ4n) is 6.57. The van der Waals surface area contributed by atoms with Crippen LogP contribution in [0.25, 0.3) is 11.3 Å². The number of likely N-dealkylation sites (tertiary alicyclic amines) is 1. The Morgan fingerprint density at radius 2 is 1.89 bits per heavy atom. The van der Waals surface area contributed by atoms with Gasteiger partial charge in [0.15, 0.2) is 17.4 Å². The highest BCUT2D eigenvalue weighted by molar-refractivity contribution is 7.10. The standard InChI is InChI=1S/C29H36N3O3S.ClH/c1-29(27-11-8-18-36-27,31-14-6-3-7-15-31)28(33)34-26-21-32(16-12-23(26)13-17-32)20-24-19-25(30-35-24)22-9-4-2-5-10-22;/h2,4-5,8-11,18-19,23,26H,3,6-7,12-17,20-21H2,1H3;1H/q+1;/p-1/t23?,26-,29?,32?;/m0./s1. The Morgan fingerprint density at radius 1 is 1.14 bits per heavy atom. The quantitative estimate of drug-likeness (QED) is 0.340. The van der Waals surface area contributed by atoms with Crippen LogP contribution >= 0.6 is 11.3 Å². The van der Waals surface area contributed by atoms with Gasteiger partial charge < -0.3 is 26.2 Å². The maximum atomic E-state index is 13.9. The maximum absolute atomic E-state index is 13.9. The largest absolute Gasteiger partial charge is 1.00 e. The summed E-state index contributed by atoms with van der Waals surface area (Å²) in [6, 6.07) is 16.4. The summed E-state index contributed by atoms with van der Waals surface area (Å²) >= 11 is 1.66. The van der Waals surface area contributed by atoms with Gasteiger partial charge in [0.25, 0.3) is 0 Å². The normalized spacial score (nSPS) is 27.3. The molecule has 1 aromatic carbocycles. The molecule has 4 fully saturated rings. The Balaban J connectivity index is 0.00000280. The number of carbonyl (C=O) groups excluding carboxylic acids is 1. The van der Waals surface area contributed by atoms with Crippen molar-refractivity contribution in [1.29, 1.82) is 0 Å². The van der Waals surface area contributed by atoms with E-state index in [1.807, 2.05) is 24.3 Å². The van der Waals surface area contributed by atoms with Gasteiger partial charge in [-0.3, -0.25) is 4.90 Å². The highest BCUT2D eigenvalue weighted by Crippen LogP contribution is 2.40. The molecule has 7 rings (SSSR count). The molecule has 4 aliphatic heterocycles. The molecule has 0 saturated carbocycles. The summed E-state index contributed by atoms with van der Waals surface area (Å²) in [7, 11) is 0. The Morgan fingerprint density at radius 3 is 2.59 bits per heavy atom. The number of benzene rings is 1. The second-order valence-corrected chi connectivity index (χ2v) is 12.0. The molecule has 0 spiro atoms. The third-order valence-electron chi connectivity index (χ3n) is 8.81. The number of ether oxygens (including phenoxy) is 1. The van der Waals surface area contributed by atoms with E-state index in [1.54, 1.807) is 11.3 Å². The molecule has 2 atom stereocenters. The number of rotatable bonds is 7. The topological polar surface area (TPSA) is 55.6 Å². The number of hydrogen-bond acceptors (Lipinski definition) is 6. The first-order chi connectivity index (χ1) is 17.6. The zero-order valence-electron chi connectivity index (χ0n) is 21.5. The minimum Gasteiger partial charge on any atom is -1.00 e. The zero-order chi connectivity index (χ0) is 24.6. The summed E-state index contributed by atoms with van der Waals surface area (Å²) in [6.45, 7) is 7.85. The molecule has 2 bridgehead atoms. The van der Waals surface area contributed by atoms with Crippen molar-refractivity contribution in [3.05, 3.63) is 64.5 Å². The molecular weight excluding hydrogens is 506 g/mol. The summed E-state index contributed by atoms with van der Waals surface area (Å²) in [5.74, 6) is 1.29. The summed E-state index contributed by atoms with van der Waals surface area (Å²) < 4.78 is 13.2. The monoisotopic (exact) mass is 541 g/mol. The van der Waals surface area contributed by atoms with Crippen LogP contribution in [-0.2, 0) is 21.6 Å². The number of hydrogen-bond donors (Lipinski definition) is 0. The predicted octanol–water partition coefficient (Wildman–Crippen LogP) is 2.46. The van der Waals surface area contributed by atoms with Crippen molar-refractivity contribution in [3.63, 3.8) is 0 Å². The van der Waals surface area contributed by atoms with Crippen molar-refractivity contribution in [1.82, 2.24) is 10.1 Å². The summed E-state index contributed by atoms with van der Waals surface area (Å²) in [5.41, 5.74) is 1.25. The molecule has 1 unspecified atom stereocenters. The lowest BCUT2D eigenvalue weighted by Gasteiger charge is -2.52. The van der Waals surface area contributed by atoms with Crippen LogP contribution in [0.2, 0.25) is 0 Å². The van der Waals surface area contributed by atoms with Gasteiger partial charge in [0.2, 0.25) is 0 Å². The SMILES string of the molecule is CC(C(=O)O[C@H]1C[N+]2(Cc3cc(-c4ccccc4)no3)CCC1CC2)(c1cccs1)N1CCCCC1.[Cl-]. The van der Waals surface area contributed by atoms with E-state index in [1.165, 1.54) is 6.42 Å². The van der Waals surface area contributed by atoms with Crippen molar-refractivity contribution in [2.45, 2.75) is 57.2 Å². The van der Waals surface area contributed by atoms with Crippen LogP contribution in [0.4, 0.5) is 0 Å². The average molecular weight is 542 g/mol. The molecule has 0 radical (unpaired) electrons. The summed E-state index contributed by atoms with van der Waals surface area (Å²) in [5, 5.41) is 6.41. The van der Waals surface area contributed by atoms with Gasteiger partial charge in [-0.15, -0.1) is 11.3 Å². The third-order valence-corrected chi connectivity index (χ3v) is 9.89. The number of piperidine rings is 4. The smallest absolute Gasteiger partial charge is 0.332 e. The summed E-state index contributed by atoms with van der Waals surface area (Å²) in [4.78, 5) is 17.4.